The summed E-state index contributed by atoms with van der Waals surface area (Å²) in [6.07, 6.45) is 0.267. The van der Waals surface area contributed by atoms with Gasteiger partial charge in [-0.3, -0.25) is 9.59 Å². The topological polar surface area (TPSA) is 84.7 Å². The van der Waals surface area contributed by atoms with Crippen LogP contribution in [-0.2, 0) is 14.3 Å². The number of likely N-dealkylation sites (tertiary alicyclic amines) is 1. The maximum atomic E-state index is 11.5. The van der Waals surface area contributed by atoms with Crippen LogP contribution in [0, 0.1) is 5.92 Å². The molecule has 0 aromatic rings. The van der Waals surface area contributed by atoms with Gasteiger partial charge in [-0.15, -0.1) is 0 Å². The summed E-state index contributed by atoms with van der Waals surface area (Å²) < 4.78 is 4.62. The molecular formula is C10H19N3O3. The van der Waals surface area contributed by atoms with Crippen molar-refractivity contribution in [3.05, 3.63) is 0 Å². The Bertz CT molecular complexity index is 258. The number of amides is 1. The van der Waals surface area contributed by atoms with Crippen molar-refractivity contribution in [3.63, 3.8) is 0 Å². The quantitative estimate of drug-likeness (QED) is 0.430. The Morgan fingerprint density at radius 3 is 3.00 bits per heavy atom. The second-order valence-electron chi connectivity index (χ2n) is 3.80. The van der Waals surface area contributed by atoms with E-state index in [1.807, 2.05) is 0 Å². The zero-order valence-electron chi connectivity index (χ0n) is 9.57. The molecule has 1 heterocycles. The summed E-state index contributed by atoms with van der Waals surface area (Å²) in [5, 5.41) is 3.11. The Morgan fingerprint density at radius 2 is 2.38 bits per heavy atom. The molecule has 1 saturated heterocycles. The summed E-state index contributed by atoms with van der Waals surface area (Å²) in [5.74, 6) is -0.581. The third-order valence-electron chi connectivity index (χ3n) is 2.63. The van der Waals surface area contributed by atoms with Crippen molar-refractivity contribution in [2.45, 2.75) is 6.42 Å². The van der Waals surface area contributed by atoms with E-state index >= 15 is 0 Å². The zero-order chi connectivity index (χ0) is 12.0. The highest BCUT2D eigenvalue weighted by Crippen LogP contribution is 2.18. The molecule has 1 fully saturated rings. The molecule has 0 aromatic heterocycles. The molecule has 1 rings (SSSR count). The van der Waals surface area contributed by atoms with E-state index in [4.69, 9.17) is 5.73 Å². The summed E-state index contributed by atoms with van der Waals surface area (Å²) in [7, 11) is 1.35. The standard InChI is InChI=1S/C10H19N3O3/c1-16-10(15)8-6-9(14)13(7-8)5-4-12-3-2-11/h8,12H,2-7,11H2,1H3. The number of ether oxygens (including phenoxy) is 1. The van der Waals surface area contributed by atoms with Crippen LogP contribution in [0.3, 0.4) is 0 Å². The van der Waals surface area contributed by atoms with E-state index in [1.54, 1.807) is 4.90 Å². The van der Waals surface area contributed by atoms with Crippen molar-refractivity contribution in [2.24, 2.45) is 11.7 Å². The second-order valence-corrected chi connectivity index (χ2v) is 3.80. The minimum Gasteiger partial charge on any atom is -0.469 e. The number of rotatable bonds is 6. The first-order valence-corrected chi connectivity index (χ1v) is 5.45. The molecule has 0 spiro atoms. The van der Waals surface area contributed by atoms with Crippen LogP contribution in [0.5, 0.6) is 0 Å². The van der Waals surface area contributed by atoms with Crippen molar-refractivity contribution in [3.8, 4) is 0 Å². The van der Waals surface area contributed by atoms with Crippen LogP contribution in [-0.4, -0.2) is 56.6 Å². The van der Waals surface area contributed by atoms with Crippen LogP contribution in [0.1, 0.15) is 6.42 Å². The summed E-state index contributed by atoms with van der Waals surface area (Å²) in [4.78, 5) is 24.5. The fraction of sp³-hybridized carbons (Fsp3) is 0.800. The molecule has 0 aliphatic carbocycles. The van der Waals surface area contributed by atoms with Gasteiger partial charge in [-0.1, -0.05) is 0 Å². The normalized spacial score (nSPS) is 20.2. The van der Waals surface area contributed by atoms with Crippen molar-refractivity contribution < 1.29 is 14.3 Å². The molecule has 1 aliphatic heterocycles. The maximum absolute atomic E-state index is 11.5. The zero-order valence-corrected chi connectivity index (χ0v) is 9.57. The number of nitrogens with zero attached hydrogens (tertiary/aromatic N) is 1. The average molecular weight is 229 g/mol. The lowest BCUT2D eigenvalue weighted by Crippen LogP contribution is -2.35. The van der Waals surface area contributed by atoms with Gasteiger partial charge >= 0.3 is 5.97 Å². The number of nitrogens with two attached hydrogens (primary N) is 1. The first-order valence-electron chi connectivity index (χ1n) is 5.45. The van der Waals surface area contributed by atoms with Crippen molar-refractivity contribution in [1.82, 2.24) is 10.2 Å². The summed E-state index contributed by atoms with van der Waals surface area (Å²) in [5.41, 5.74) is 5.33. The van der Waals surface area contributed by atoms with Crippen molar-refractivity contribution >= 4 is 11.9 Å². The first-order chi connectivity index (χ1) is 7.69. The summed E-state index contributed by atoms with van der Waals surface area (Å²) in [6, 6.07) is 0. The number of esters is 1. The van der Waals surface area contributed by atoms with Crippen LogP contribution < -0.4 is 11.1 Å². The van der Waals surface area contributed by atoms with E-state index in [2.05, 4.69) is 10.1 Å². The Hall–Kier alpha value is -1.14. The Balaban J connectivity index is 2.28. The molecule has 0 aromatic carbocycles. The molecule has 6 heteroatoms. The summed E-state index contributed by atoms with van der Waals surface area (Å²) >= 11 is 0. The van der Waals surface area contributed by atoms with Gasteiger partial charge in [-0.25, -0.2) is 0 Å². The minimum atomic E-state index is -0.300. The van der Waals surface area contributed by atoms with Crippen LogP contribution in [0.4, 0.5) is 0 Å². The van der Waals surface area contributed by atoms with Gasteiger partial charge in [0.2, 0.25) is 5.91 Å². The van der Waals surface area contributed by atoms with Crippen molar-refractivity contribution in [2.75, 3.05) is 39.8 Å². The lowest BCUT2D eigenvalue weighted by atomic mass is 10.1. The first kappa shape index (κ1) is 12.9. The van der Waals surface area contributed by atoms with Gasteiger partial charge < -0.3 is 20.7 Å². The molecule has 92 valence electrons. The highest BCUT2D eigenvalue weighted by molar-refractivity contribution is 5.86. The molecule has 0 radical (unpaired) electrons. The molecular weight excluding hydrogens is 210 g/mol. The minimum absolute atomic E-state index is 0.0185. The fourth-order valence-corrected chi connectivity index (χ4v) is 1.75. The number of carbonyl (C=O) groups is 2. The third kappa shape index (κ3) is 3.46. The van der Waals surface area contributed by atoms with Crippen LogP contribution in [0.2, 0.25) is 0 Å². The predicted octanol–water partition coefficient (Wildman–Crippen LogP) is -1.44. The monoisotopic (exact) mass is 229 g/mol. The molecule has 1 atom stereocenters. The molecule has 0 bridgehead atoms. The van der Waals surface area contributed by atoms with E-state index in [0.29, 0.717) is 26.2 Å². The number of hydrogen-bond donors (Lipinski definition) is 2. The SMILES string of the molecule is COC(=O)C1CC(=O)N(CCNCCN)C1. The van der Waals surface area contributed by atoms with Crippen LogP contribution in [0.15, 0.2) is 0 Å². The molecule has 0 saturated carbocycles. The van der Waals surface area contributed by atoms with E-state index in [-0.39, 0.29) is 24.2 Å². The van der Waals surface area contributed by atoms with Crippen molar-refractivity contribution in [1.29, 1.82) is 0 Å². The van der Waals surface area contributed by atoms with Gasteiger partial charge in [-0.05, 0) is 0 Å². The lowest BCUT2D eigenvalue weighted by molar-refractivity contribution is -0.145. The third-order valence-corrected chi connectivity index (χ3v) is 2.63. The second kappa shape index (κ2) is 6.44. The van der Waals surface area contributed by atoms with Gasteiger partial charge in [0.05, 0.1) is 13.0 Å². The van der Waals surface area contributed by atoms with E-state index in [0.717, 1.165) is 6.54 Å². The number of nitrogens with one attached hydrogen (secondary N) is 1. The predicted molar refractivity (Wildman–Crippen MR) is 58.6 cm³/mol. The van der Waals surface area contributed by atoms with E-state index in [9.17, 15) is 9.59 Å². The van der Waals surface area contributed by atoms with Gasteiger partial charge in [0.1, 0.15) is 0 Å². The molecule has 1 aliphatic rings. The largest absolute Gasteiger partial charge is 0.469 e. The summed E-state index contributed by atoms with van der Waals surface area (Å²) in [6.45, 7) is 3.11. The van der Waals surface area contributed by atoms with Crippen LogP contribution >= 0.6 is 0 Å². The number of hydrogen-bond acceptors (Lipinski definition) is 5. The Morgan fingerprint density at radius 1 is 1.62 bits per heavy atom. The van der Waals surface area contributed by atoms with Gasteiger partial charge in [0.15, 0.2) is 0 Å². The van der Waals surface area contributed by atoms with Gasteiger partial charge in [0.25, 0.3) is 0 Å². The average Bonchev–Trinajstić information content (AvgIpc) is 2.65. The Kier molecular flexibility index (Phi) is 5.21. The lowest BCUT2D eigenvalue weighted by Gasteiger charge is -2.16. The molecule has 3 N–H and O–H groups in total. The number of carbonyl (C=O) groups excluding carboxylic acids is 2. The van der Waals surface area contributed by atoms with Gasteiger partial charge in [-0.2, -0.15) is 0 Å². The van der Waals surface area contributed by atoms with E-state index in [1.165, 1.54) is 7.11 Å². The fourth-order valence-electron chi connectivity index (χ4n) is 1.75. The smallest absolute Gasteiger partial charge is 0.310 e. The molecule has 1 unspecified atom stereocenters. The molecule has 6 nitrogen and oxygen atoms in total. The van der Waals surface area contributed by atoms with E-state index < -0.39 is 0 Å². The maximum Gasteiger partial charge on any atom is 0.310 e. The van der Waals surface area contributed by atoms with Gasteiger partial charge in [0, 0.05) is 39.1 Å². The Labute approximate surface area is 95.1 Å². The highest BCUT2D eigenvalue weighted by atomic mass is 16.5. The highest BCUT2D eigenvalue weighted by Gasteiger charge is 2.34. The molecule has 1 amide bonds. The van der Waals surface area contributed by atoms with Crippen LogP contribution in [0.25, 0.3) is 0 Å². The number of methoxy groups -OCH3 is 1. The molecule has 16 heavy (non-hydrogen) atoms.